The first kappa shape index (κ1) is 10.5. The Hall–Kier alpha value is -1.42. The molecule has 2 N–H and O–H groups in total. The highest BCUT2D eigenvalue weighted by Crippen LogP contribution is 1.53. The summed E-state index contributed by atoms with van der Waals surface area (Å²) < 4.78 is 0. The summed E-state index contributed by atoms with van der Waals surface area (Å²) in [6.07, 6.45) is 0. The molecule has 0 aliphatic heterocycles. The average Bonchev–Trinajstić information content (AvgIpc) is 1.66. The lowest BCUT2D eigenvalue weighted by molar-refractivity contribution is -0.742. The average molecular weight is 133 g/mol. The first-order valence-corrected chi connectivity index (χ1v) is 2.06. The molecule has 0 rings (SSSR count). The second-order valence-corrected chi connectivity index (χ2v) is 0.824. The van der Waals surface area contributed by atoms with Crippen LogP contribution >= 0.6 is 0 Å². The second-order valence-electron chi connectivity index (χ2n) is 0.824. The molecule has 52 valence electrons. The zero-order chi connectivity index (χ0) is 7.70. The molecule has 0 bridgehead atoms. The fourth-order valence-electron chi connectivity index (χ4n) is 0.0791. The summed E-state index contributed by atoms with van der Waals surface area (Å²) >= 11 is 0. The summed E-state index contributed by atoms with van der Waals surface area (Å²) in [4.78, 5) is 11.8. The van der Waals surface area contributed by atoms with Gasteiger partial charge in [0, 0.05) is 6.54 Å². The molecule has 0 saturated heterocycles. The van der Waals surface area contributed by atoms with E-state index in [2.05, 4.69) is 4.99 Å². The molecule has 0 saturated carbocycles. The van der Waals surface area contributed by atoms with Crippen LogP contribution in [0.25, 0.3) is 0 Å². The van der Waals surface area contributed by atoms with Crippen molar-refractivity contribution >= 4 is 6.01 Å². The molecule has 0 amide bonds. The number of nitrogens with one attached hydrogen (secondary N) is 1. The van der Waals surface area contributed by atoms with Crippen LogP contribution in [-0.2, 0) is 0 Å². The van der Waals surface area contributed by atoms with Crippen LogP contribution in [-0.4, -0.2) is 22.8 Å². The van der Waals surface area contributed by atoms with E-state index in [-0.39, 0.29) is 0 Å². The van der Waals surface area contributed by atoms with Crippen LogP contribution < -0.4 is 0 Å². The van der Waals surface area contributed by atoms with E-state index in [0.717, 1.165) is 0 Å². The van der Waals surface area contributed by atoms with Crippen LogP contribution in [0.15, 0.2) is 4.99 Å². The van der Waals surface area contributed by atoms with Crippen molar-refractivity contribution in [1.29, 1.82) is 5.41 Å². The lowest BCUT2D eigenvalue weighted by Gasteiger charge is -1.60. The van der Waals surface area contributed by atoms with Gasteiger partial charge >= 0.3 is 0 Å². The minimum Gasteiger partial charge on any atom is -0.328 e. The Balaban J connectivity index is 0. The van der Waals surface area contributed by atoms with Crippen molar-refractivity contribution in [1.82, 2.24) is 0 Å². The molecular formula is C3H7N3O3. The van der Waals surface area contributed by atoms with E-state index in [9.17, 15) is 0 Å². The van der Waals surface area contributed by atoms with Gasteiger partial charge in [-0.05, 0) is 6.92 Å². The van der Waals surface area contributed by atoms with Gasteiger partial charge in [-0.15, -0.1) is 10.1 Å². The third-order valence-corrected chi connectivity index (χ3v) is 0.237. The summed E-state index contributed by atoms with van der Waals surface area (Å²) in [6, 6.07) is 1.89. The van der Waals surface area contributed by atoms with Crippen LogP contribution in [0.2, 0.25) is 0 Å². The molecule has 0 aromatic heterocycles. The predicted octanol–water partition coefficient (Wildman–Crippen LogP) is 0.411. The first-order chi connectivity index (χ1) is 4.15. The van der Waals surface area contributed by atoms with Crippen molar-refractivity contribution in [2.24, 2.45) is 4.99 Å². The second kappa shape index (κ2) is 9.77. The normalized spacial score (nSPS) is 5.89. The SMILES string of the molecule is CCN=C=N.O=[N+]([O-])O. The Bertz CT molecular complexity index is 113. The van der Waals surface area contributed by atoms with E-state index >= 15 is 0 Å². The topological polar surface area (TPSA) is 99.6 Å². The van der Waals surface area contributed by atoms with Gasteiger partial charge in [-0.1, -0.05) is 0 Å². The van der Waals surface area contributed by atoms with Gasteiger partial charge in [-0.3, -0.25) is 0 Å². The summed E-state index contributed by atoms with van der Waals surface area (Å²) in [5.74, 6) is 0. The highest BCUT2D eigenvalue weighted by molar-refractivity contribution is 5.35. The van der Waals surface area contributed by atoms with E-state index in [4.69, 9.17) is 20.7 Å². The van der Waals surface area contributed by atoms with Crippen LogP contribution in [0, 0.1) is 15.5 Å². The van der Waals surface area contributed by atoms with E-state index < -0.39 is 5.09 Å². The highest BCUT2D eigenvalue weighted by atomic mass is 16.9. The molecule has 6 nitrogen and oxygen atoms in total. The molecule has 6 heteroatoms. The van der Waals surface area contributed by atoms with E-state index in [1.807, 2.05) is 12.9 Å². The molecule has 0 heterocycles. The molecule has 9 heavy (non-hydrogen) atoms. The van der Waals surface area contributed by atoms with E-state index in [0.29, 0.717) is 6.54 Å². The molecule has 0 radical (unpaired) electrons. The van der Waals surface area contributed by atoms with Crippen molar-refractivity contribution in [3.05, 3.63) is 10.1 Å². The van der Waals surface area contributed by atoms with Crippen molar-refractivity contribution in [2.45, 2.75) is 6.92 Å². The molecule has 0 spiro atoms. The summed E-state index contributed by atoms with van der Waals surface area (Å²) in [5, 5.41) is 19.8. The highest BCUT2D eigenvalue weighted by Gasteiger charge is 1.65. The summed E-state index contributed by atoms with van der Waals surface area (Å²) in [5.41, 5.74) is 0. The maximum atomic E-state index is 8.36. The zero-order valence-corrected chi connectivity index (χ0v) is 4.87. The summed E-state index contributed by atoms with van der Waals surface area (Å²) in [6.45, 7) is 2.53. The van der Waals surface area contributed by atoms with Gasteiger partial charge in [-0.25, -0.2) is 10.4 Å². The maximum Gasteiger partial charge on any atom is 0.291 e. The smallest absolute Gasteiger partial charge is 0.291 e. The quantitative estimate of drug-likeness (QED) is 0.307. The van der Waals surface area contributed by atoms with Gasteiger partial charge in [-0.2, -0.15) is 0 Å². The molecule has 0 aliphatic rings. The lowest BCUT2D eigenvalue weighted by atomic mass is 10.8. The Kier molecular flexibility index (Phi) is 11.4. The monoisotopic (exact) mass is 133 g/mol. The van der Waals surface area contributed by atoms with Gasteiger partial charge in [0.1, 0.15) is 0 Å². The van der Waals surface area contributed by atoms with Gasteiger partial charge in [0.15, 0.2) is 0 Å². The zero-order valence-electron chi connectivity index (χ0n) is 4.87. The molecule has 0 unspecified atom stereocenters. The van der Waals surface area contributed by atoms with E-state index in [1.54, 1.807) is 0 Å². The third kappa shape index (κ3) is 410. The van der Waals surface area contributed by atoms with Crippen LogP contribution in [0.4, 0.5) is 0 Å². The van der Waals surface area contributed by atoms with Gasteiger partial charge in [0.25, 0.3) is 5.09 Å². The largest absolute Gasteiger partial charge is 0.328 e. The Morgan fingerprint density at radius 3 is 2.33 bits per heavy atom. The van der Waals surface area contributed by atoms with Crippen molar-refractivity contribution in [2.75, 3.05) is 6.54 Å². The van der Waals surface area contributed by atoms with Crippen molar-refractivity contribution < 1.29 is 10.3 Å². The Morgan fingerprint density at radius 2 is 2.33 bits per heavy atom. The molecule has 0 aromatic carbocycles. The van der Waals surface area contributed by atoms with Gasteiger partial charge in [0.05, 0.1) is 6.01 Å². The van der Waals surface area contributed by atoms with Crippen LogP contribution in [0.5, 0.6) is 0 Å². The van der Waals surface area contributed by atoms with Gasteiger partial charge < -0.3 is 5.21 Å². The Morgan fingerprint density at radius 1 is 2.00 bits per heavy atom. The number of hydrogen-bond acceptors (Lipinski definition) is 4. The minimum absolute atomic E-state index is 0.670. The van der Waals surface area contributed by atoms with Crippen molar-refractivity contribution in [3.63, 3.8) is 0 Å². The minimum atomic E-state index is -1.50. The van der Waals surface area contributed by atoms with Crippen LogP contribution in [0.1, 0.15) is 6.92 Å². The predicted molar refractivity (Wildman–Crippen MR) is 29.5 cm³/mol. The lowest BCUT2D eigenvalue weighted by Crippen LogP contribution is -1.81. The van der Waals surface area contributed by atoms with Crippen LogP contribution in [0.3, 0.4) is 0 Å². The fourth-order valence-corrected chi connectivity index (χ4v) is 0.0791. The molecule has 0 aliphatic carbocycles. The molecular weight excluding hydrogens is 126 g/mol. The number of rotatable bonds is 1. The van der Waals surface area contributed by atoms with Gasteiger partial charge in [0.2, 0.25) is 0 Å². The molecule has 0 aromatic rings. The first-order valence-electron chi connectivity index (χ1n) is 2.06. The maximum absolute atomic E-state index is 8.36. The fraction of sp³-hybridized carbons (Fsp3) is 0.667. The van der Waals surface area contributed by atoms with Crippen molar-refractivity contribution in [3.8, 4) is 0 Å². The molecule has 0 fully saturated rings. The summed E-state index contributed by atoms with van der Waals surface area (Å²) in [7, 11) is 0. The third-order valence-electron chi connectivity index (χ3n) is 0.237. The Labute approximate surface area is 51.5 Å². The number of aliphatic imine (C=N–C) groups is 1. The molecule has 0 atom stereocenters. The number of hydrogen-bond donors (Lipinski definition) is 2. The standard InChI is InChI=1S/C3H6N2.HNO3/c1-2-5-3-4;2-1(3)4/h4H,2H2,1H3;(H,2,3,4). The number of nitrogens with zero attached hydrogens (tertiary/aromatic N) is 2. The van der Waals surface area contributed by atoms with E-state index in [1.165, 1.54) is 0 Å².